The molecule has 70 valence electrons. The molecule has 1 heterocycles. The van der Waals surface area contributed by atoms with Gasteiger partial charge in [0.05, 0.1) is 16.9 Å². The van der Waals surface area contributed by atoms with E-state index in [0.29, 0.717) is 11.1 Å². The fraction of sp³-hybridized carbons (Fsp3) is 0.500. The third-order valence-corrected chi connectivity index (χ3v) is 2.64. The molecule has 1 aliphatic carbocycles. The fourth-order valence-electron chi connectivity index (χ4n) is 1.80. The Labute approximate surface area is 83.3 Å². The van der Waals surface area contributed by atoms with Gasteiger partial charge < -0.3 is 5.32 Å². The molecule has 13 heavy (non-hydrogen) atoms. The Balaban J connectivity index is 2.00. The molecule has 0 bridgehead atoms. The van der Waals surface area contributed by atoms with Crippen molar-refractivity contribution in [2.24, 2.45) is 0 Å². The molecule has 0 aromatic carbocycles. The summed E-state index contributed by atoms with van der Waals surface area (Å²) in [4.78, 5) is 4.03. The standard InChI is InChI=1S/C10H13ClN2/c11-8-5-10(7-12-6-8)13-9-3-1-2-4-9/h5-7,9,13H,1-4H2. The summed E-state index contributed by atoms with van der Waals surface area (Å²) in [5.41, 5.74) is 1.04. The molecule has 0 aliphatic heterocycles. The van der Waals surface area contributed by atoms with Crippen LogP contribution in [0, 0.1) is 0 Å². The predicted molar refractivity (Wildman–Crippen MR) is 55.1 cm³/mol. The number of anilines is 1. The molecule has 0 atom stereocenters. The maximum atomic E-state index is 5.83. The van der Waals surface area contributed by atoms with Crippen molar-refractivity contribution in [3.8, 4) is 0 Å². The van der Waals surface area contributed by atoms with Gasteiger partial charge >= 0.3 is 0 Å². The highest BCUT2D eigenvalue weighted by Gasteiger charge is 2.14. The van der Waals surface area contributed by atoms with Crippen molar-refractivity contribution in [2.75, 3.05) is 5.32 Å². The van der Waals surface area contributed by atoms with Gasteiger partial charge in [0, 0.05) is 12.2 Å². The van der Waals surface area contributed by atoms with Gasteiger partial charge in [0.1, 0.15) is 0 Å². The second kappa shape index (κ2) is 3.97. The molecule has 0 spiro atoms. The molecule has 2 nitrogen and oxygen atoms in total. The SMILES string of the molecule is Clc1cncc(NC2CCCC2)c1. The van der Waals surface area contributed by atoms with Gasteiger partial charge in [-0.2, -0.15) is 0 Å². The summed E-state index contributed by atoms with van der Waals surface area (Å²) in [5, 5.41) is 4.13. The number of pyridine rings is 1. The van der Waals surface area contributed by atoms with Gasteiger partial charge in [-0.05, 0) is 18.9 Å². The largest absolute Gasteiger partial charge is 0.381 e. The van der Waals surface area contributed by atoms with Gasteiger partial charge in [0.2, 0.25) is 0 Å². The molecule has 1 saturated carbocycles. The van der Waals surface area contributed by atoms with E-state index in [1.807, 2.05) is 12.3 Å². The van der Waals surface area contributed by atoms with Gasteiger partial charge in [-0.1, -0.05) is 24.4 Å². The number of hydrogen-bond acceptors (Lipinski definition) is 2. The van der Waals surface area contributed by atoms with Crippen LogP contribution < -0.4 is 5.32 Å². The molecular formula is C10H13ClN2. The molecule has 1 fully saturated rings. The van der Waals surface area contributed by atoms with Crippen molar-refractivity contribution < 1.29 is 0 Å². The van der Waals surface area contributed by atoms with E-state index in [9.17, 15) is 0 Å². The monoisotopic (exact) mass is 196 g/mol. The maximum absolute atomic E-state index is 5.83. The lowest BCUT2D eigenvalue weighted by molar-refractivity contribution is 0.755. The van der Waals surface area contributed by atoms with E-state index in [-0.39, 0.29) is 0 Å². The van der Waals surface area contributed by atoms with E-state index < -0.39 is 0 Å². The van der Waals surface area contributed by atoms with E-state index in [2.05, 4.69) is 10.3 Å². The lowest BCUT2D eigenvalue weighted by atomic mass is 10.2. The Morgan fingerprint density at radius 1 is 1.31 bits per heavy atom. The first-order valence-electron chi connectivity index (χ1n) is 4.72. The normalized spacial score (nSPS) is 17.6. The zero-order valence-corrected chi connectivity index (χ0v) is 8.22. The Bertz CT molecular complexity index is 282. The first kappa shape index (κ1) is 8.82. The molecule has 0 unspecified atom stereocenters. The van der Waals surface area contributed by atoms with Crippen molar-refractivity contribution in [3.63, 3.8) is 0 Å². The number of hydrogen-bond donors (Lipinski definition) is 1. The highest BCUT2D eigenvalue weighted by Crippen LogP contribution is 2.22. The van der Waals surface area contributed by atoms with Crippen LogP contribution in [-0.2, 0) is 0 Å². The number of rotatable bonds is 2. The van der Waals surface area contributed by atoms with Crippen LogP contribution in [0.1, 0.15) is 25.7 Å². The lowest BCUT2D eigenvalue weighted by Gasteiger charge is -2.12. The van der Waals surface area contributed by atoms with E-state index in [1.165, 1.54) is 25.7 Å². The van der Waals surface area contributed by atoms with Crippen LogP contribution in [0.2, 0.25) is 5.02 Å². The van der Waals surface area contributed by atoms with Crippen molar-refractivity contribution in [2.45, 2.75) is 31.7 Å². The second-order valence-electron chi connectivity index (χ2n) is 3.52. The van der Waals surface area contributed by atoms with Gasteiger partial charge in [0.25, 0.3) is 0 Å². The van der Waals surface area contributed by atoms with Crippen LogP contribution in [0.4, 0.5) is 5.69 Å². The van der Waals surface area contributed by atoms with Crippen molar-refractivity contribution in [1.82, 2.24) is 4.98 Å². The summed E-state index contributed by atoms with van der Waals surface area (Å²) in [7, 11) is 0. The average molecular weight is 197 g/mol. The Kier molecular flexibility index (Phi) is 2.69. The summed E-state index contributed by atoms with van der Waals surface area (Å²) < 4.78 is 0. The minimum atomic E-state index is 0.625. The fourth-order valence-corrected chi connectivity index (χ4v) is 1.97. The molecule has 0 saturated heterocycles. The highest BCUT2D eigenvalue weighted by atomic mass is 35.5. The number of nitrogens with one attached hydrogen (secondary N) is 1. The first-order valence-corrected chi connectivity index (χ1v) is 5.09. The summed E-state index contributed by atoms with van der Waals surface area (Å²) in [6, 6.07) is 2.55. The summed E-state index contributed by atoms with van der Waals surface area (Å²) in [6.45, 7) is 0. The maximum Gasteiger partial charge on any atom is 0.0609 e. The third-order valence-electron chi connectivity index (χ3n) is 2.43. The zero-order valence-electron chi connectivity index (χ0n) is 7.46. The minimum Gasteiger partial charge on any atom is -0.381 e. The van der Waals surface area contributed by atoms with Gasteiger partial charge in [-0.25, -0.2) is 0 Å². The van der Waals surface area contributed by atoms with Crippen LogP contribution in [0.3, 0.4) is 0 Å². The molecule has 1 aromatic rings. The van der Waals surface area contributed by atoms with Crippen LogP contribution in [0.25, 0.3) is 0 Å². The van der Waals surface area contributed by atoms with Crippen molar-refractivity contribution >= 4 is 17.3 Å². The van der Waals surface area contributed by atoms with Crippen LogP contribution in [0.15, 0.2) is 18.5 Å². The van der Waals surface area contributed by atoms with E-state index in [4.69, 9.17) is 11.6 Å². The van der Waals surface area contributed by atoms with E-state index in [0.717, 1.165) is 5.69 Å². The van der Waals surface area contributed by atoms with E-state index >= 15 is 0 Å². The predicted octanol–water partition coefficient (Wildman–Crippen LogP) is 3.09. The second-order valence-corrected chi connectivity index (χ2v) is 3.95. The molecule has 2 rings (SSSR count). The molecule has 1 N–H and O–H groups in total. The third kappa shape index (κ3) is 2.34. The van der Waals surface area contributed by atoms with Crippen LogP contribution in [0.5, 0.6) is 0 Å². The van der Waals surface area contributed by atoms with Crippen molar-refractivity contribution in [1.29, 1.82) is 0 Å². The lowest BCUT2D eigenvalue weighted by Crippen LogP contribution is -2.14. The molecule has 0 radical (unpaired) electrons. The Morgan fingerprint density at radius 2 is 2.08 bits per heavy atom. The average Bonchev–Trinajstić information content (AvgIpc) is 2.57. The zero-order chi connectivity index (χ0) is 9.10. The number of halogens is 1. The summed E-state index contributed by atoms with van der Waals surface area (Å²) in [6.07, 6.45) is 8.70. The number of aromatic nitrogens is 1. The molecule has 1 aliphatic rings. The quantitative estimate of drug-likeness (QED) is 0.787. The Hall–Kier alpha value is -0.760. The minimum absolute atomic E-state index is 0.625. The highest BCUT2D eigenvalue weighted by molar-refractivity contribution is 6.30. The summed E-state index contributed by atoms with van der Waals surface area (Å²) >= 11 is 5.83. The first-order chi connectivity index (χ1) is 6.34. The van der Waals surface area contributed by atoms with Gasteiger partial charge in [-0.15, -0.1) is 0 Å². The smallest absolute Gasteiger partial charge is 0.0609 e. The van der Waals surface area contributed by atoms with Gasteiger partial charge in [0.15, 0.2) is 0 Å². The van der Waals surface area contributed by atoms with Crippen LogP contribution in [-0.4, -0.2) is 11.0 Å². The Morgan fingerprint density at radius 3 is 2.77 bits per heavy atom. The van der Waals surface area contributed by atoms with Crippen LogP contribution >= 0.6 is 11.6 Å². The topological polar surface area (TPSA) is 24.9 Å². The number of nitrogens with zero attached hydrogens (tertiary/aromatic N) is 1. The molecular weight excluding hydrogens is 184 g/mol. The van der Waals surface area contributed by atoms with E-state index in [1.54, 1.807) is 6.20 Å². The molecule has 0 amide bonds. The molecule has 3 heteroatoms. The molecule has 1 aromatic heterocycles. The van der Waals surface area contributed by atoms with Crippen molar-refractivity contribution in [3.05, 3.63) is 23.5 Å². The summed E-state index contributed by atoms with van der Waals surface area (Å²) in [5.74, 6) is 0. The van der Waals surface area contributed by atoms with Gasteiger partial charge in [-0.3, -0.25) is 4.98 Å².